The van der Waals surface area contributed by atoms with E-state index < -0.39 is 22.7 Å². The maximum absolute atomic E-state index is 12.9. The Labute approximate surface area is 212 Å². The number of carbonyl (C=O) groups excluding carboxylic acids is 3. The van der Waals surface area contributed by atoms with E-state index in [-0.39, 0.29) is 43.5 Å². The molecule has 3 aromatic rings. The molecule has 0 bridgehead atoms. The van der Waals surface area contributed by atoms with Crippen molar-refractivity contribution in [3.63, 3.8) is 0 Å². The summed E-state index contributed by atoms with van der Waals surface area (Å²) in [5, 5.41) is 13.3. The summed E-state index contributed by atoms with van der Waals surface area (Å²) in [5.41, 5.74) is 0.326. The normalized spacial score (nSPS) is 13.3. The Morgan fingerprint density at radius 1 is 0.914 bits per heavy atom. The third kappa shape index (κ3) is 4.83. The predicted molar refractivity (Wildman–Crippen MR) is 130 cm³/mol. The number of esters is 1. The number of amides is 2. The Balaban J connectivity index is 1.47. The number of anilines is 2. The summed E-state index contributed by atoms with van der Waals surface area (Å²) < 4.78 is 5.20. The van der Waals surface area contributed by atoms with Gasteiger partial charge in [-0.1, -0.05) is 40.9 Å². The SMILES string of the molecule is O=C(Oc1ccc([N+](=O)[O-])cc1)c1ccc(NC2=C(Cl)C(=O)N(c3cccc(Cl)c3Cl)C2=O)cc1. The van der Waals surface area contributed by atoms with Crippen LogP contribution in [0, 0.1) is 10.1 Å². The predicted octanol–water partition coefficient (Wildman–Crippen LogP) is 5.56. The van der Waals surface area contributed by atoms with Gasteiger partial charge in [-0.25, -0.2) is 9.69 Å². The number of rotatable bonds is 6. The number of hydrogen-bond acceptors (Lipinski definition) is 7. The summed E-state index contributed by atoms with van der Waals surface area (Å²) >= 11 is 18.3. The standard InChI is InChI=1S/C23H12Cl3N3O6/c24-16-2-1-3-17(18(16)25)28-21(30)19(26)20(22(28)31)27-13-6-4-12(5-7-13)23(32)35-15-10-8-14(9-11-15)29(33)34/h1-11,27H. The molecule has 1 N–H and O–H groups in total. The number of benzene rings is 3. The van der Waals surface area contributed by atoms with Gasteiger partial charge in [0.15, 0.2) is 0 Å². The Bertz CT molecular complexity index is 1410. The molecule has 3 aromatic carbocycles. The average molecular weight is 533 g/mol. The number of ether oxygens (including phenoxy) is 1. The molecule has 1 heterocycles. The van der Waals surface area contributed by atoms with Gasteiger partial charge in [-0.3, -0.25) is 19.7 Å². The van der Waals surface area contributed by atoms with Crippen molar-refractivity contribution >= 4 is 69.6 Å². The smallest absolute Gasteiger partial charge is 0.343 e. The monoisotopic (exact) mass is 531 g/mol. The first kappa shape index (κ1) is 24.2. The van der Waals surface area contributed by atoms with E-state index in [1.807, 2.05) is 0 Å². The molecule has 0 saturated carbocycles. The number of nitro groups is 1. The number of nitrogens with one attached hydrogen (secondary N) is 1. The van der Waals surface area contributed by atoms with E-state index in [2.05, 4.69) is 5.32 Å². The van der Waals surface area contributed by atoms with Crippen LogP contribution in [-0.4, -0.2) is 22.7 Å². The van der Waals surface area contributed by atoms with Crippen molar-refractivity contribution in [2.45, 2.75) is 0 Å². The lowest BCUT2D eigenvalue weighted by Crippen LogP contribution is -2.32. The van der Waals surface area contributed by atoms with Gasteiger partial charge >= 0.3 is 5.97 Å². The number of carbonyl (C=O) groups is 3. The molecule has 1 aliphatic heterocycles. The van der Waals surface area contributed by atoms with Gasteiger partial charge in [0, 0.05) is 17.8 Å². The highest BCUT2D eigenvalue weighted by atomic mass is 35.5. The third-order valence-electron chi connectivity index (χ3n) is 4.85. The second kappa shape index (κ2) is 9.75. The molecule has 1 aliphatic rings. The third-order valence-corrected chi connectivity index (χ3v) is 6.01. The lowest BCUT2D eigenvalue weighted by molar-refractivity contribution is -0.384. The fraction of sp³-hybridized carbons (Fsp3) is 0. The molecule has 0 saturated heterocycles. The molecule has 35 heavy (non-hydrogen) atoms. The lowest BCUT2D eigenvalue weighted by Gasteiger charge is -2.17. The minimum Gasteiger partial charge on any atom is -0.423 e. The van der Waals surface area contributed by atoms with Crippen LogP contribution in [0.15, 0.2) is 77.5 Å². The van der Waals surface area contributed by atoms with Gasteiger partial charge in [0.05, 0.1) is 26.2 Å². The summed E-state index contributed by atoms with van der Waals surface area (Å²) in [6, 6.07) is 15.4. The van der Waals surface area contributed by atoms with Crippen LogP contribution in [0.1, 0.15) is 10.4 Å². The van der Waals surface area contributed by atoms with E-state index in [9.17, 15) is 24.5 Å². The highest BCUT2D eigenvalue weighted by Gasteiger charge is 2.40. The van der Waals surface area contributed by atoms with Gasteiger partial charge in [0.1, 0.15) is 16.5 Å². The van der Waals surface area contributed by atoms with Crippen LogP contribution < -0.4 is 15.0 Å². The van der Waals surface area contributed by atoms with Crippen molar-refractivity contribution < 1.29 is 24.0 Å². The topological polar surface area (TPSA) is 119 Å². The van der Waals surface area contributed by atoms with Crippen LogP contribution in [-0.2, 0) is 9.59 Å². The van der Waals surface area contributed by atoms with Crippen LogP contribution in [0.5, 0.6) is 5.75 Å². The fourth-order valence-electron chi connectivity index (χ4n) is 3.13. The minimum absolute atomic E-state index is 0.0254. The molecule has 0 radical (unpaired) electrons. The van der Waals surface area contributed by atoms with Crippen LogP contribution in [0.2, 0.25) is 10.0 Å². The second-order valence-corrected chi connectivity index (χ2v) is 8.21. The summed E-state index contributed by atoms with van der Waals surface area (Å²) in [7, 11) is 0. The Kier molecular flexibility index (Phi) is 6.74. The van der Waals surface area contributed by atoms with Crippen LogP contribution in [0.4, 0.5) is 17.1 Å². The first-order valence-corrected chi connectivity index (χ1v) is 10.9. The average Bonchev–Trinajstić information content (AvgIpc) is 3.05. The molecule has 4 rings (SSSR count). The molecule has 0 spiro atoms. The molecule has 0 unspecified atom stereocenters. The highest BCUT2D eigenvalue weighted by molar-refractivity contribution is 6.54. The molecular formula is C23H12Cl3N3O6. The maximum Gasteiger partial charge on any atom is 0.343 e. The summed E-state index contributed by atoms with van der Waals surface area (Å²) in [5.74, 6) is -2.07. The Hall–Kier alpha value is -3.92. The summed E-state index contributed by atoms with van der Waals surface area (Å²) in [6.45, 7) is 0. The highest BCUT2D eigenvalue weighted by Crippen LogP contribution is 2.37. The molecule has 2 amide bonds. The van der Waals surface area contributed by atoms with Crippen LogP contribution in [0.3, 0.4) is 0 Å². The van der Waals surface area contributed by atoms with Crippen molar-refractivity contribution in [3.8, 4) is 5.75 Å². The van der Waals surface area contributed by atoms with Gasteiger partial charge < -0.3 is 10.1 Å². The van der Waals surface area contributed by atoms with Gasteiger partial charge in [0.2, 0.25) is 0 Å². The maximum atomic E-state index is 12.9. The zero-order valence-electron chi connectivity index (χ0n) is 17.3. The molecule has 176 valence electrons. The van der Waals surface area contributed by atoms with E-state index in [1.165, 1.54) is 66.7 Å². The molecule has 9 nitrogen and oxygen atoms in total. The quantitative estimate of drug-likeness (QED) is 0.145. The van der Waals surface area contributed by atoms with E-state index in [0.29, 0.717) is 5.69 Å². The molecular weight excluding hydrogens is 521 g/mol. The number of halogens is 3. The van der Waals surface area contributed by atoms with Gasteiger partial charge in [0.25, 0.3) is 17.5 Å². The van der Waals surface area contributed by atoms with Gasteiger partial charge in [-0.05, 0) is 48.5 Å². The Morgan fingerprint density at radius 2 is 1.57 bits per heavy atom. The molecule has 12 heteroatoms. The minimum atomic E-state index is -0.772. The van der Waals surface area contributed by atoms with Crippen molar-refractivity contribution in [2.24, 2.45) is 0 Å². The molecule has 0 aliphatic carbocycles. The molecule has 0 fully saturated rings. The van der Waals surface area contributed by atoms with Gasteiger partial charge in [-0.2, -0.15) is 0 Å². The van der Waals surface area contributed by atoms with Crippen LogP contribution >= 0.6 is 34.8 Å². The zero-order valence-corrected chi connectivity index (χ0v) is 19.6. The van der Waals surface area contributed by atoms with Crippen molar-refractivity contribution in [1.82, 2.24) is 0 Å². The zero-order chi connectivity index (χ0) is 25.3. The molecule has 0 aromatic heterocycles. The Morgan fingerprint density at radius 3 is 2.20 bits per heavy atom. The van der Waals surface area contributed by atoms with E-state index in [0.717, 1.165) is 4.90 Å². The van der Waals surface area contributed by atoms with E-state index in [4.69, 9.17) is 39.5 Å². The first-order valence-electron chi connectivity index (χ1n) is 9.73. The first-order chi connectivity index (χ1) is 16.7. The van der Waals surface area contributed by atoms with E-state index >= 15 is 0 Å². The number of nitro benzene ring substituents is 1. The number of hydrogen-bond donors (Lipinski definition) is 1. The van der Waals surface area contributed by atoms with Crippen LogP contribution in [0.25, 0.3) is 0 Å². The second-order valence-electron chi connectivity index (χ2n) is 7.05. The number of imide groups is 1. The summed E-state index contributed by atoms with van der Waals surface area (Å²) in [6.07, 6.45) is 0. The largest absolute Gasteiger partial charge is 0.423 e. The lowest BCUT2D eigenvalue weighted by atomic mass is 10.2. The fourth-order valence-corrected chi connectivity index (χ4v) is 3.72. The van der Waals surface area contributed by atoms with E-state index in [1.54, 1.807) is 0 Å². The number of non-ortho nitro benzene ring substituents is 1. The summed E-state index contributed by atoms with van der Waals surface area (Å²) in [4.78, 5) is 48.9. The van der Waals surface area contributed by atoms with Crippen molar-refractivity contribution in [1.29, 1.82) is 0 Å². The van der Waals surface area contributed by atoms with Gasteiger partial charge in [-0.15, -0.1) is 0 Å². The van der Waals surface area contributed by atoms with Crippen molar-refractivity contribution in [2.75, 3.05) is 10.2 Å². The van der Waals surface area contributed by atoms with Crippen molar-refractivity contribution in [3.05, 3.63) is 103 Å². The number of nitrogens with zero attached hydrogens (tertiary/aromatic N) is 2. The molecule has 0 atom stereocenters.